The summed E-state index contributed by atoms with van der Waals surface area (Å²) in [6, 6.07) is 42.5. The van der Waals surface area contributed by atoms with Gasteiger partial charge in [0.2, 0.25) is 0 Å². The number of hydrogen-bond donors (Lipinski definition) is 0. The van der Waals surface area contributed by atoms with E-state index in [4.69, 9.17) is 0 Å². The van der Waals surface area contributed by atoms with Gasteiger partial charge < -0.3 is 0 Å². The zero-order valence-corrected chi connectivity index (χ0v) is 17.9. The Labute approximate surface area is 182 Å². The van der Waals surface area contributed by atoms with Gasteiger partial charge in [-0.15, -0.1) is 5.10 Å². The molecule has 0 unspecified atom stereocenters. The van der Waals surface area contributed by atoms with E-state index in [-0.39, 0.29) is 0 Å². The molecule has 0 radical (unpaired) electrons. The van der Waals surface area contributed by atoms with Crippen molar-refractivity contribution < 1.29 is 0 Å². The van der Waals surface area contributed by atoms with E-state index in [0.29, 0.717) is 6.29 Å². The summed E-state index contributed by atoms with van der Waals surface area (Å²) in [5, 5.41) is 16.8. The van der Waals surface area contributed by atoms with Gasteiger partial charge in [0.05, 0.1) is 0 Å². The fourth-order valence-electron chi connectivity index (χ4n) is 4.03. The Kier molecular flexibility index (Phi) is 5.39. The molecule has 0 amide bonds. The van der Waals surface area contributed by atoms with Crippen molar-refractivity contribution in [3.05, 3.63) is 121 Å². The lowest BCUT2D eigenvalue weighted by molar-refractivity contribution is 0.697. The van der Waals surface area contributed by atoms with Gasteiger partial charge in [0.15, 0.2) is 12.1 Å². The van der Waals surface area contributed by atoms with Crippen LogP contribution < -0.4 is 15.9 Å². The van der Waals surface area contributed by atoms with Crippen LogP contribution in [0.15, 0.2) is 121 Å². The Bertz CT molecular complexity index is 1140. The Morgan fingerprint density at radius 1 is 0.548 bits per heavy atom. The van der Waals surface area contributed by atoms with Crippen LogP contribution >= 0.6 is 7.26 Å². The van der Waals surface area contributed by atoms with Gasteiger partial charge in [0.25, 0.3) is 0 Å². The van der Waals surface area contributed by atoms with Crippen LogP contribution in [0.4, 0.5) is 0 Å². The summed E-state index contributed by atoms with van der Waals surface area (Å²) in [7, 11) is -2.07. The maximum atomic E-state index is 4.44. The first-order valence-electron chi connectivity index (χ1n) is 10.2. The van der Waals surface area contributed by atoms with Crippen molar-refractivity contribution in [3.63, 3.8) is 0 Å². The second-order valence-corrected chi connectivity index (χ2v) is 10.8. The standard InChI is InChI=1S/C26H22N4P/c1-5-13-22(14-6-1)26-27-28-29-30(26)21-31(23-15-7-2-8-16-23,24-17-9-3-10-18-24)25-19-11-4-12-20-25/h1-20H,21H2/q+1. The lowest BCUT2D eigenvalue weighted by Gasteiger charge is -2.27. The summed E-state index contributed by atoms with van der Waals surface area (Å²) < 4.78 is 1.97. The highest BCUT2D eigenvalue weighted by molar-refractivity contribution is 7.94. The molecule has 0 aliphatic carbocycles. The van der Waals surface area contributed by atoms with Gasteiger partial charge >= 0.3 is 0 Å². The van der Waals surface area contributed by atoms with Crippen molar-refractivity contribution in [1.29, 1.82) is 0 Å². The van der Waals surface area contributed by atoms with Crippen molar-refractivity contribution in [2.75, 3.05) is 0 Å². The number of rotatable bonds is 6. The molecule has 4 aromatic carbocycles. The van der Waals surface area contributed by atoms with Crippen LogP contribution in [0.5, 0.6) is 0 Å². The van der Waals surface area contributed by atoms with E-state index in [1.165, 1.54) is 15.9 Å². The SMILES string of the molecule is c1ccc(-c2nnnn2C[P+](c2ccccc2)(c2ccccc2)c2ccccc2)cc1. The first kappa shape index (κ1) is 19.3. The van der Waals surface area contributed by atoms with Gasteiger partial charge in [-0.1, -0.05) is 84.9 Å². The smallest absolute Gasteiger partial charge is 0.185 e. The fraction of sp³-hybridized carbons (Fsp3) is 0.0385. The van der Waals surface area contributed by atoms with Gasteiger partial charge in [-0.25, -0.2) is 0 Å². The average Bonchev–Trinajstić information content (AvgIpc) is 3.33. The van der Waals surface area contributed by atoms with E-state index >= 15 is 0 Å². The molecule has 5 heteroatoms. The molecule has 1 aromatic heterocycles. The molecule has 5 aromatic rings. The van der Waals surface area contributed by atoms with E-state index in [1.807, 2.05) is 22.9 Å². The number of aromatic nitrogens is 4. The third-order valence-electron chi connectivity index (χ3n) is 5.50. The molecular weight excluding hydrogens is 399 g/mol. The lowest BCUT2D eigenvalue weighted by Crippen LogP contribution is -2.34. The second-order valence-electron chi connectivity index (χ2n) is 7.33. The molecule has 4 nitrogen and oxygen atoms in total. The van der Waals surface area contributed by atoms with Crippen LogP contribution in [0.3, 0.4) is 0 Å². The minimum absolute atomic E-state index is 0.683. The number of benzene rings is 4. The summed E-state index contributed by atoms with van der Waals surface area (Å²) in [6.45, 7) is 0. The third kappa shape index (κ3) is 3.67. The Balaban J connectivity index is 1.75. The Hall–Kier alpha value is -3.62. The van der Waals surface area contributed by atoms with Crippen LogP contribution in [0, 0.1) is 0 Å². The zero-order valence-electron chi connectivity index (χ0n) is 17.0. The molecule has 150 valence electrons. The summed E-state index contributed by atoms with van der Waals surface area (Å²) in [5.41, 5.74) is 1.01. The van der Waals surface area contributed by atoms with Crippen LogP contribution in [0.2, 0.25) is 0 Å². The molecule has 0 saturated carbocycles. The molecule has 0 saturated heterocycles. The third-order valence-corrected chi connectivity index (χ3v) is 9.73. The average molecular weight is 421 g/mol. The summed E-state index contributed by atoms with van der Waals surface area (Å²) in [6.07, 6.45) is 0.683. The lowest BCUT2D eigenvalue weighted by atomic mass is 10.2. The number of nitrogens with zero attached hydrogens (tertiary/aromatic N) is 4. The largest absolute Gasteiger partial charge is 0.189 e. The first-order chi connectivity index (χ1) is 15.4. The van der Waals surface area contributed by atoms with Crippen molar-refractivity contribution >= 4 is 23.2 Å². The molecule has 5 rings (SSSR count). The Morgan fingerprint density at radius 3 is 1.42 bits per heavy atom. The zero-order chi connectivity index (χ0) is 20.9. The molecule has 0 atom stereocenters. The van der Waals surface area contributed by atoms with E-state index in [2.05, 4.69) is 119 Å². The molecule has 31 heavy (non-hydrogen) atoms. The summed E-state index contributed by atoms with van der Waals surface area (Å²) in [5.74, 6) is 0.785. The van der Waals surface area contributed by atoms with E-state index in [0.717, 1.165) is 11.4 Å². The number of hydrogen-bond acceptors (Lipinski definition) is 3. The minimum atomic E-state index is -2.07. The predicted octanol–water partition coefficient (Wildman–Crippen LogP) is 4.29. The molecule has 0 aliphatic heterocycles. The monoisotopic (exact) mass is 421 g/mol. The van der Waals surface area contributed by atoms with E-state index < -0.39 is 7.26 Å². The van der Waals surface area contributed by atoms with Crippen molar-refractivity contribution in [1.82, 2.24) is 20.2 Å². The number of tetrazole rings is 1. The van der Waals surface area contributed by atoms with E-state index in [9.17, 15) is 0 Å². The van der Waals surface area contributed by atoms with Gasteiger partial charge in [-0.3, -0.25) is 0 Å². The van der Waals surface area contributed by atoms with Crippen molar-refractivity contribution in [3.8, 4) is 11.4 Å². The summed E-state index contributed by atoms with van der Waals surface area (Å²) in [4.78, 5) is 0. The highest BCUT2D eigenvalue weighted by Gasteiger charge is 2.46. The normalized spacial score (nSPS) is 11.4. The second kappa shape index (κ2) is 8.63. The van der Waals surface area contributed by atoms with Crippen LogP contribution in [-0.2, 0) is 6.29 Å². The molecule has 0 spiro atoms. The quantitative estimate of drug-likeness (QED) is 0.384. The van der Waals surface area contributed by atoms with Crippen LogP contribution in [0.25, 0.3) is 11.4 Å². The maximum absolute atomic E-state index is 4.44. The maximum Gasteiger partial charge on any atom is 0.185 e. The first-order valence-corrected chi connectivity index (χ1v) is 12.2. The van der Waals surface area contributed by atoms with Crippen LogP contribution in [-0.4, -0.2) is 20.2 Å². The molecule has 1 heterocycles. The van der Waals surface area contributed by atoms with E-state index in [1.54, 1.807) is 0 Å². The molecule has 0 bridgehead atoms. The fourth-order valence-corrected chi connectivity index (χ4v) is 8.05. The van der Waals surface area contributed by atoms with Gasteiger partial charge in [-0.2, -0.15) is 4.68 Å². The highest BCUT2D eigenvalue weighted by atomic mass is 31.2. The van der Waals surface area contributed by atoms with Crippen LogP contribution in [0.1, 0.15) is 0 Å². The molecule has 0 N–H and O–H groups in total. The molecular formula is C26H22N4P+. The predicted molar refractivity (Wildman–Crippen MR) is 128 cm³/mol. The van der Waals surface area contributed by atoms with Gasteiger partial charge in [-0.05, 0) is 46.8 Å². The molecule has 0 aliphatic rings. The Morgan fingerprint density at radius 2 is 0.968 bits per heavy atom. The van der Waals surface area contributed by atoms with Gasteiger partial charge in [0, 0.05) is 5.56 Å². The topological polar surface area (TPSA) is 43.6 Å². The highest BCUT2D eigenvalue weighted by Crippen LogP contribution is 2.56. The minimum Gasteiger partial charge on any atom is -0.189 e. The summed E-state index contributed by atoms with van der Waals surface area (Å²) >= 11 is 0. The molecule has 0 fully saturated rings. The van der Waals surface area contributed by atoms with Crippen molar-refractivity contribution in [2.24, 2.45) is 0 Å². The van der Waals surface area contributed by atoms with Crippen molar-refractivity contribution in [2.45, 2.75) is 6.29 Å². The van der Waals surface area contributed by atoms with Gasteiger partial charge in [0.1, 0.15) is 23.2 Å².